The second-order valence-corrected chi connectivity index (χ2v) is 8.26. The van der Waals surface area contributed by atoms with E-state index < -0.39 is 0 Å². The van der Waals surface area contributed by atoms with E-state index in [9.17, 15) is 0 Å². The van der Waals surface area contributed by atoms with Crippen LogP contribution in [0.25, 0.3) is 27.6 Å². The van der Waals surface area contributed by atoms with Gasteiger partial charge in [0.25, 0.3) is 0 Å². The van der Waals surface area contributed by atoms with E-state index in [1.165, 1.54) is 38.2 Å². The Balaban J connectivity index is 1.46. The molecule has 5 aromatic carbocycles. The lowest BCUT2D eigenvalue weighted by atomic mass is 10.0. The molecule has 0 radical (unpaired) electrons. The van der Waals surface area contributed by atoms with Crippen LogP contribution in [0, 0.1) is 0 Å². The zero-order valence-corrected chi connectivity index (χ0v) is 18.2. The monoisotopic (exact) mass is 413 g/mol. The van der Waals surface area contributed by atoms with Crippen LogP contribution in [-0.4, -0.2) is 11.4 Å². The van der Waals surface area contributed by atoms with Gasteiger partial charge in [-0.3, -0.25) is 4.90 Å². The van der Waals surface area contributed by atoms with E-state index in [2.05, 4.69) is 132 Å². The van der Waals surface area contributed by atoms with Gasteiger partial charge < -0.3 is 0 Å². The third-order valence-corrected chi connectivity index (χ3v) is 6.02. The third-order valence-electron chi connectivity index (χ3n) is 6.02. The number of hydrogen-bond acceptors (Lipinski definition) is 1. The van der Waals surface area contributed by atoms with Gasteiger partial charge in [-0.15, -0.1) is 0 Å². The van der Waals surface area contributed by atoms with Crippen LogP contribution in [0.4, 0.5) is 0 Å². The summed E-state index contributed by atoms with van der Waals surface area (Å²) < 4.78 is 0. The molecule has 156 valence electrons. The van der Waals surface area contributed by atoms with Crippen molar-refractivity contribution in [2.24, 2.45) is 0 Å². The van der Waals surface area contributed by atoms with Gasteiger partial charge in [0.2, 0.25) is 0 Å². The smallest absolute Gasteiger partial charge is 0.0246 e. The lowest BCUT2D eigenvalue weighted by Gasteiger charge is -2.23. The van der Waals surface area contributed by atoms with Crippen LogP contribution >= 0.6 is 0 Å². The molecule has 0 spiro atoms. The van der Waals surface area contributed by atoms with Gasteiger partial charge in [-0.25, -0.2) is 0 Å². The minimum absolute atomic E-state index is 0.890. The van der Waals surface area contributed by atoms with Crippen molar-refractivity contribution in [1.82, 2.24) is 4.90 Å². The quantitative estimate of drug-likeness (QED) is 0.264. The average Bonchev–Trinajstić information content (AvgIpc) is 2.85. The van der Waals surface area contributed by atoms with E-state index in [-0.39, 0.29) is 0 Å². The second-order valence-electron chi connectivity index (χ2n) is 8.26. The van der Waals surface area contributed by atoms with E-state index >= 15 is 0 Å². The van der Waals surface area contributed by atoms with Crippen LogP contribution in [0.3, 0.4) is 0 Å². The third kappa shape index (κ3) is 4.64. The standard InChI is InChI=1S/C31H27N/c1-2-11-25(12-3-1)13-10-22-32(23-28-18-8-16-26-14-4-6-20-30(26)28)24-29-19-9-17-27-15-5-7-21-31(27)29/h1-21H,22-24H2/b13-10+. The minimum atomic E-state index is 0.890. The second kappa shape index (κ2) is 9.64. The molecule has 5 rings (SSSR count). The highest BCUT2D eigenvalue weighted by Gasteiger charge is 2.10. The van der Waals surface area contributed by atoms with E-state index in [1.54, 1.807) is 0 Å². The number of rotatable bonds is 7. The first kappa shape index (κ1) is 20.2. The first-order valence-electron chi connectivity index (χ1n) is 11.2. The topological polar surface area (TPSA) is 3.24 Å². The Morgan fingerprint density at radius 1 is 0.500 bits per heavy atom. The molecule has 0 aliphatic rings. The normalized spacial score (nSPS) is 11.7. The highest BCUT2D eigenvalue weighted by Crippen LogP contribution is 2.24. The van der Waals surface area contributed by atoms with Crippen molar-refractivity contribution in [3.63, 3.8) is 0 Å². The lowest BCUT2D eigenvalue weighted by Crippen LogP contribution is -2.23. The molecule has 0 unspecified atom stereocenters. The molecule has 0 saturated heterocycles. The van der Waals surface area contributed by atoms with Crippen LogP contribution in [0.15, 0.2) is 121 Å². The van der Waals surface area contributed by atoms with E-state index in [4.69, 9.17) is 0 Å². The number of nitrogens with zero attached hydrogens (tertiary/aromatic N) is 1. The van der Waals surface area contributed by atoms with E-state index in [0.717, 1.165) is 19.6 Å². The number of fused-ring (bicyclic) bond motifs is 2. The summed E-state index contributed by atoms with van der Waals surface area (Å²) in [6, 6.07) is 41.2. The molecule has 0 heterocycles. The summed E-state index contributed by atoms with van der Waals surface area (Å²) in [4.78, 5) is 2.53. The van der Waals surface area contributed by atoms with Crippen molar-refractivity contribution in [3.05, 3.63) is 138 Å². The molecular weight excluding hydrogens is 386 g/mol. The fourth-order valence-corrected chi connectivity index (χ4v) is 4.43. The van der Waals surface area contributed by atoms with Gasteiger partial charge in [0.05, 0.1) is 0 Å². The van der Waals surface area contributed by atoms with E-state index in [1.807, 2.05) is 0 Å². The number of hydrogen-bond donors (Lipinski definition) is 0. The SMILES string of the molecule is C(=C\c1ccccc1)/CN(Cc1cccc2ccccc12)Cc1cccc2ccccc12. The van der Waals surface area contributed by atoms with Gasteiger partial charge in [0, 0.05) is 19.6 Å². The predicted molar refractivity (Wildman–Crippen MR) is 137 cm³/mol. The summed E-state index contributed by atoms with van der Waals surface area (Å²) in [5.41, 5.74) is 3.98. The Hall–Kier alpha value is -3.68. The first-order valence-corrected chi connectivity index (χ1v) is 11.2. The van der Waals surface area contributed by atoms with Gasteiger partial charge in [0.15, 0.2) is 0 Å². The zero-order chi connectivity index (χ0) is 21.6. The van der Waals surface area contributed by atoms with Crippen LogP contribution in [0.1, 0.15) is 16.7 Å². The van der Waals surface area contributed by atoms with Crippen molar-refractivity contribution in [2.45, 2.75) is 13.1 Å². The van der Waals surface area contributed by atoms with Gasteiger partial charge >= 0.3 is 0 Å². The average molecular weight is 414 g/mol. The summed E-state index contributed by atoms with van der Waals surface area (Å²) in [6.45, 7) is 2.70. The maximum absolute atomic E-state index is 2.53. The van der Waals surface area contributed by atoms with Gasteiger partial charge in [-0.1, -0.05) is 127 Å². The molecule has 1 nitrogen and oxygen atoms in total. The Morgan fingerprint density at radius 3 is 1.59 bits per heavy atom. The predicted octanol–water partition coefficient (Wildman–Crippen LogP) is 7.71. The minimum Gasteiger partial charge on any atom is -0.291 e. The summed E-state index contributed by atoms with van der Waals surface area (Å²) in [5, 5.41) is 5.28. The molecule has 0 aromatic heterocycles. The van der Waals surface area contributed by atoms with Gasteiger partial charge in [-0.05, 0) is 38.2 Å². The largest absolute Gasteiger partial charge is 0.291 e. The van der Waals surface area contributed by atoms with Gasteiger partial charge in [0.1, 0.15) is 0 Å². The Morgan fingerprint density at radius 2 is 1.00 bits per heavy atom. The fourth-order valence-electron chi connectivity index (χ4n) is 4.43. The van der Waals surface area contributed by atoms with Crippen LogP contribution in [-0.2, 0) is 13.1 Å². The highest BCUT2D eigenvalue weighted by atomic mass is 15.1. The van der Waals surface area contributed by atoms with Crippen LogP contribution in [0.5, 0.6) is 0 Å². The van der Waals surface area contributed by atoms with Gasteiger partial charge in [-0.2, -0.15) is 0 Å². The van der Waals surface area contributed by atoms with Crippen molar-refractivity contribution in [2.75, 3.05) is 6.54 Å². The molecule has 5 aromatic rings. The number of benzene rings is 5. The van der Waals surface area contributed by atoms with Crippen molar-refractivity contribution in [1.29, 1.82) is 0 Å². The summed E-state index contributed by atoms with van der Waals surface area (Å²) in [6.07, 6.45) is 4.50. The molecule has 0 fully saturated rings. The Bertz CT molecular complexity index is 1260. The summed E-state index contributed by atoms with van der Waals surface area (Å²) in [7, 11) is 0. The first-order chi connectivity index (χ1) is 15.9. The zero-order valence-electron chi connectivity index (χ0n) is 18.2. The highest BCUT2D eigenvalue weighted by molar-refractivity contribution is 5.86. The van der Waals surface area contributed by atoms with E-state index in [0.29, 0.717) is 0 Å². The molecule has 0 bridgehead atoms. The maximum Gasteiger partial charge on any atom is 0.0246 e. The van der Waals surface area contributed by atoms with Crippen LogP contribution < -0.4 is 0 Å². The molecule has 0 saturated carbocycles. The molecule has 32 heavy (non-hydrogen) atoms. The molecule has 0 N–H and O–H groups in total. The van der Waals surface area contributed by atoms with Crippen molar-refractivity contribution in [3.8, 4) is 0 Å². The van der Waals surface area contributed by atoms with Crippen LogP contribution in [0.2, 0.25) is 0 Å². The lowest BCUT2D eigenvalue weighted by molar-refractivity contribution is 0.288. The van der Waals surface area contributed by atoms with Crippen molar-refractivity contribution >= 4 is 27.6 Å². The maximum atomic E-state index is 2.53. The molecular formula is C31H27N. The molecule has 0 atom stereocenters. The Labute approximate surface area is 190 Å². The van der Waals surface area contributed by atoms with Crippen molar-refractivity contribution < 1.29 is 0 Å². The molecule has 1 heteroatoms. The molecule has 0 amide bonds. The Kier molecular flexibility index (Phi) is 6.09. The summed E-state index contributed by atoms with van der Waals surface area (Å²) in [5.74, 6) is 0. The molecule has 0 aliphatic carbocycles. The molecule has 0 aliphatic heterocycles. The summed E-state index contributed by atoms with van der Waals surface area (Å²) >= 11 is 0. The fraction of sp³-hybridized carbons (Fsp3) is 0.0968.